The Kier molecular flexibility index (Phi) is 8.55. The van der Waals surface area contributed by atoms with Crippen LogP contribution in [0.1, 0.15) is 27.6 Å². The van der Waals surface area contributed by atoms with Crippen LogP contribution < -0.4 is 20.3 Å². The number of anilines is 2. The number of carbonyl (C=O) groups is 2. The summed E-state index contributed by atoms with van der Waals surface area (Å²) in [7, 11) is 3.34. The number of rotatable bonds is 7. The van der Waals surface area contributed by atoms with Gasteiger partial charge in [0, 0.05) is 37.8 Å². The van der Waals surface area contributed by atoms with Gasteiger partial charge in [-0.1, -0.05) is 0 Å². The summed E-state index contributed by atoms with van der Waals surface area (Å²) in [4.78, 5) is 39.9. The SMILES string of the molecule is CCOc1ccc(C(=O)NC(=S)Nc2cc(C(=O)OC)ccc2N2CCN(C)CC2)cc1[N+](=O)[O-]. The van der Waals surface area contributed by atoms with Crippen LogP contribution in [-0.2, 0) is 4.74 Å². The number of likely N-dealkylation sites (N-methyl/N-ethyl adjacent to an activating group) is 1. The Hall–Kier alpha value is -3.77. The average molecular weight is 502 g/mol. The summed E-state index contributed by atoms with van der Waals surface area (Å²) < 4.78 is 10.1. The number of thiocarbonyl (C=S) groups is 1. The number of methoxy groups -OCH3 is 1. The highest BCUT2D eigenvalue weighted by molar-refractivity contribution is 7.80. The first kappa shape index (κ1) is 25.8. The molecule has 1 saturated heterocycles. The normalized spacial score (nSPS) is 13.6. The number of carbonyl (C=O) groups excluding carboxylic acids is 2. The maximum Gasteiger partial charge on any atom is 0.337 e. The quantitative estimate of drug-likeness (QED) is 0.253. The molecule has 11 nitrogen and oxygen atoms in total. The molecule has 0 radical (unpaired) electrons. The van der Waals surface area contributed by atoms with Crippen LogP contribution in [0.25, 0.3) is 0 Å². The molecule has 2 N–H and O–H groups in total. The van der Waals surface area contributed by atoms with Crippen LogP contribution in [-0.4, -0.2) is 73.8 Å². The second-order valence-corrected chi connectivity index (χ2v) is 8.20. The van der Waals surface area contributed by atoms with E-state index in [9.17, 15) is 19.7 Å². The molecule has 0 spiro atoms. The first-order valence-corrected chi connectivity index (χ1v) is 11.3. The highest BCUT2D eigenvalue weighted by Gasteiger charge is 2.21. The fourth-order valence-electron chi connectivity index (χ4n) is 3.61. The Bertz CT molecular complexity index is 1130. The molecule has 3 rings (SSSR count). The predicted molar refractivity (Wildman–Crippen MR) is 135 cm³/mol. The van der Waals surface area contributed by atoms with E-state index in [-0.39, 0.29) is 28.7 Å². The monoisotopic (exact) mass is 501 g/mol. The first-order valence-electron chi connectivity index (χ1n) is 10.9. The summed E-state index contributed by atoms with van der Waals surface area (Å²) in [5, 5.41) is 16.9. The molecule has 1 amide bonds. The molecule has 35 heavy (non-hydrogen) atoms. The number of hydrogen-bond donors (Lipinski definition) is 2. The lowest BCUT2D eigenvalue weighted by Crippen LogP contribution is -2.45. The van der Waals surface area contributed by atoms with E-state index in [2.05, 4.69) is 20.4 Å². The Balaban J connectivity index is 1.80. The van der Waals surface area contributed by atoms with Crippen molar-refractivity contribution in [1.29, 1.82) is 0 Å². The Morgan fingerprint density at radius 2 is 1.80 bits per heavy atom. The summed E-state index contributed by atoms with van der Waals surface area (Å²) in [6, 6.07) is 9.02. The smallest absolute Gasteiger partial charge is 0.337 e. The molecular weight excluding hydrogens is 474 g/mol. The van der Waals surface area contributed by atoms with Gasteiger partial charge in [0.15, 0.2) is 10.9 Å². The Morgan fingerprint density at radius 3 is 2.43 bits per heavy atom. The number of ether oxygens (including phenoxy) is 2. The average Bonchev–Trinajstić information content (AvgIpc) is 2.84. The van der Waals surface area contributed by atoms with E-state index in [1.165, 1.54) is 19.2 Å². The van der Waals surface area contributed by atoms with Crippen LogP contribution in [0.4, 0.5) is 17.1 Å². The number of benzene rings is 2. The zero-order valence-corrected chi connectivity index (χ0v) is 20.5. The highest BCUT2D eigenvalue weighted by atomic mass is 32.1. The van der Waals surface area contributed by atoms with Crippen molar-refractivity contribution < 1.29 is 24.0 Å². The lowest BCUT2D eigenvalue weighted by atomic mass is 10.1. The molecule has 0 unspecified atom stereocenters. The van der Waals surface area contributed by atoms with Crippen molar-refractivity contribution in [2.45, 2.75) is 6.92 Å². The molecule has 0 atom stereocenters. The van der Waals surface area contributed by atoms with Crippen molar-refractivity contribution in [3.05, 3.63) is 57.6 Å². The summed E-state index contributed by atoms with van der Waals surface area (Å²) >= 11 is 5.34. The summed E-state index contributed by atoms with van der Waals surface area (Å²) in [6.45, 7) is 5.25. The Morgan fingerprint density at radius 1 is 1.11 bits per heavy atom. The van der Waals surface area contributed by atoms with Gasteiger partial charge in [0.25, 0.3) is 5.91 Å². The van der Waals surface area contributed by atoms with Crippen molar-refractivity contribution in [3.63, 3.8) is 0 Å². The van der Waals surface area contributed by atoms with Crippen LogP contribution in [0, 0.1) is 10.1 Å². The lowest BCUT2D eigenvalue weighted by Gasteiger charge is -2.35. The topological polar surface area (TPSA) is 126 Å². The molecule has 186 valence electrons. The largest absolute Gasteiger partial charge is 0.487 e. The van der Waals surface area contributed by atoms with Crippen molar-refractivity contribution in [2.75, 3.05) is 57.2 Å². The van der Waals surface area contributed by atoms with Crippen LogP contribution >= 0.6 is 12.2 Å². The van der Waals surface area contributed by atoms with E-state index < -0.39 is 16.8 Å². The number of amides is 1. The van der Waals surface area contributed by atoms with Crippen molar-refractivity contribution in [2.24, 2.45) is 0 Å². The van der Waals surface area contributed by atoms with Gasteiger partial charge in [-0.3, -0.25) is 20.2 Å². The number of nitrogens with one attached hydrogen (secondary N) is 2. The number of nitrogens with zero attached hydrogens (tertiary/aromatic N) is 3. The zero-order valence-electron chi connectivity index (χ0n) is 19.7. The van der Waals surface area contributed by atoms with Crippen molar-refractivity contribution >= 4 is 46.3 Å². The van der Waals surface area contributed by atoms with Gasteiger partial charge in [0.1, 0.15) is 0 Å². The molecule has 1 heterocycles. The van der Waals surface area contributed by atoms with Gasteiger partial charge < -0.3 is 24.6 Å². The van der Waals surface area contributed by atoms with Gasteiger partial charge in [0.2, 0.25) is 0 Å². The molecule has 0 aromatic heterocycles. The van der Waals surface area contributed by atoms with Gasteiger partial charge in [-0.2, -0.15) is 0 Å². The van der Waals surface area contributed by atoms with Crippen molar-refractivity contribution in [3.8, 4) is 5.75 Å². The lowest BCUT2D eigenvalue weighted by molar-refractivity contribution is -0.385. The number of hydrogen-bond acceptors (Lipinski definition) is 9. The van der Waals surface area contributed by atoms with E-state index in [0.29, 0.717) is 11.3 Å². The van der Waals surface area contributed by atoms with Gasteiger partial charge in [-0.05, 0) is 56.5 Å². The minimum atomic E-state index is -0.626. The minimum absolute atomic E-state index is 0.0241. The van der Waals surface area contributed by atoms with E-state index in [1.807, 2.05) is 7.05 Å². The molecule has 0 aliphatic carbocycles. The van der Waals surface area contributed by atoms with E-state index in [4.69, 9.17) is 21.7 Å². The predicted octanol–water partition coefficient (Wildman–Crippen LogP) is 2.66. The van der Waals surface area contributed by atoms with Gasteiger partial charge >= 0.3 is 11.7 Å². The summed E-state index contributed by atoms with van der Waals surface area (Å²) in [6.07, 6.45) is 0. The molecule has 1 aliphatic rings. The standard InChI is InChI=1S/C23H27N5O6S/c1-4-34-20-8-6-15(14-19(20)28(31)32)21(29)25-23(35)24-17-13-16(22(30)33-3)5-7-18(17)27-11-9-26(2)10-12-27/h5-8,13-14H,4,9-12H2,1-3H3,(H2,24,25,29,35). The zero-order chi connectivity index (χ0) is 25.5. The van der Waals surface area contributed by atoms with Gasteiger partial charge in [-0.15, -0.1) is 0 Å². The van der Waals surface area contributed by atoms with E-state index in [1.54, 1.807) is 25.1 Å². The second-order valence-electron chi connectivity index (χ2n) is 7.79. The number of piperazine rings is 1. The van der Waals surface area contributed by atoms with Gasteiger partial charge in [0.05, 0.1) is 35.6 Å². The fraction of sp³-hybridized carbons (Fsp3) is 0.348. The molecule has 1 fully saturated rings. The Labute approximate surface area is 208 Å². The summed E-state index contributed by atoms with van der Waals surface area (Å²) in [5.41, 5.74) is 1.40. The molecule has 2 aromatic carbocycles. The summed E-state index contributed by atoms with van der Waals surface area (Å²) in [5.74, 6) is -1.06. The third-order valence-corrected chi connectivity index (χ3v) is 5.66. The molecule has 12 heteroatoms. The molecule has 0 bridgehead atoms. The van der Waals surface area contributed by atoms with E-state index in [0.717, 1.165) is 37.9 Å². The molecular formula is C23H27N5O6S. The number of nitro benzene ring substituents is 1. The van der Waals surface area contributed by atoms with Crippen LogP contribution in [0.5, 0.6) is 5.75 Å². The maximum absolute atomic E-state index is 12.7. The molecule has 0 saturated carbocycles. The van der Waals surface area contributed by atoms with Crippen LogP contribution in [0.2, 0.25) is 0 Å². The molecule has 1 aliphatic heterocycles. The maximum atomic E-state index is 12.7. The third-order valence-electron chi connectivity index (χ3n) is 5.45. The van der Waals surface area contributed by atoms with E-state index >= 15 is 0 Å². The minimum Gasteiger partial charge on any atom is -0.487 e. The number of esters is 1. The number of nitro groups is 1. The van der Waals surface area contributed by atoms with Crippen molar-refractivity contribution in [1.82, 2.24) is 10.2 Å². The van der Waals surface area contributed by atoms with Gasteiger partial charge in [-0.25, -0.2) is 4.79 Å². The second kappa shape index (κ2) is 11.6. The van der Waals surface area contributed by atoms with Crippen LogP contribution in [0.3, 0.4) is 0 Å². The highest BCUT2D eigenvalue weighted by Crippen LogP contribution is 2.30. The first-order chi connectivity index (χ1) is 16.7. The van der Waals surface area contributed by atoms with Crippen LogP contribution in [0.15, 0.2) is 36.4 Å². The third kappa shape index (κ3) is 6.43. The molecule has 2 aromatic rings. The fourth-order valence-corrected chi connectivity index (χ4v) is 3.81.